The zero-order valence-corrected chi connectivity index (χ0v) is 20.2. The average Bonchev–Trinajstić information content (AvgIpc) is 3.06. The second-order valence-corrected chi connectivity index (χ2v) is 12.3. The highest BCUT2D eigenvalue weighted by Crippen LogP contribution is 2.67. The standard InChI is InChI=1S/C28H46O2/c1-17(2)18(3)10-11-19(4)20-12-13-21-24-22(14-16-28(20,21)6)27(5)15-8-7-9-23(27)25(29)26(24)30/h9,17,19-22,24-26,29-30H,3,7-8,10-16H2,1-2,4-6H3/t19-,20-,21?,22?,24?,25-,26?,27-,28-/m1/s1. The topological polar surface area (TPSA) is 40.5 Å². The van der Waals surface area contributed by atoms with Crippen molar-refractivity contribution in [2.24, 2.45) is 46.3 Å². The van der Waals surface area contributed by atoms with Gasteiger partial charge in [0, 0.05) is 0 Å². The Bertz CT molecular complexity index is 693. The van der Waals surface area contributed by atoms with Crippen molar-refractivity contribution in [3.05, 3.63) is 23.8 Å². The predicted octanol–water partition coefficient (Wildman–Crippen LogP) is 6.53. The minimum absolute atomic E-state index is 0.0988. The maximum Gasteiger partial charge on any atom is 0.102 e. The SMILES string of the molecule is C=C(CC[C@@H](C)[C@H]1CCC2C3C(O)[C@H](O)C4=CCCC[C@]4(C)C3CC[C@@]21C)C(C)C. The van der Waals surface area contributed by atoms with Crippen LogP contribution in [0.3, 0.4) is 0 Å². The Hall–Kier alpha value is -0.600. The van der Waals surface area contributed by atoms with Crippen LogP contribution < -0.4 is 0 Å². The highest BCUT2D eigenvalue weighted by molar-refractivity contribution is 5.29. The Labute approximate surface area is 185 Å². The molecule has 0 aromatic heterocycles. The molecule has 9 atom stereocenters. The third-order valence-electron chi connectivity index (χ3n) is 10.6. The summed E-state index contributed by atoms with van der Waals surface area (Å²) in [5, 5.41) is 22.5. The van der Waals surface area contributed by atoms with Crippen molar-refractivity contribution in [1.29, 1.82) is 0 Å². The van der Waals surface area contributed by atoms with Gasteiger partial charge in [0.1, 0.15) is 6.10 Å². The Morgan fingerprint density at radius 3 is 2.53 bits per heavy atom. The number of aliphatic hydroxyl groups is 2. The Balaban J connectivity index is 1.56. The molecular formula is C28H46O2. The van der Waals surface area contributed by atoms with Crippen LogP contribution in [0.5, 0.6) is 0 Å². The molecular weight excluding hydrogens is 368 g/mol. The molecule has 0 saturated heterocycles. The third-order valence-corrected chi connectivity index (χ3v) is 10.6. The van der Waals surface area contributed by atoms with E-state index in [0.717, 1.165) is 18.8 Å². The monoisotopic (exact) mass is 414 g/mol. The smallest absolute Gasteiger partial charge is 0.102 e. The maximum absolute atomic E-state index is 11.3. The summed E-state index contributed by atoms with van der Waals surface area (Å²) in [7, 11) is 0. The molecule has 0 amide bonds. The van der Waals surface area contributed by atoms with E-state index in [2.05, 4.69) is 47.3 Å². The van der Waals surface area contributed by atoms with E-state index in [1.807, 2.05) is 0 Å². The van der Waals surface area contributed by atoms with Gasteiger partial charge in [0.05, 0.1) is 6.10 Å². The van der Waals surface area contributed by atoms with Gasteiger partial charge in [-0.15, -0.1) is 0 Å². The van der Waals surface area contributed by atoms with Crippen molar-refractivity contribution in [2.45, 2.75) is 105 Å². The van der Waals surface area contributed by atoms with E-state index in [0.29, 0.717) is 29.1 Å². The van der Waals surface area contributed by atoms with Crippen molar-refractivity contribution in [3.63, 3.8) is 0 Å². The lowest BCUT2D eigenvalue weighted by Gasteiger charge is -2.61. The zero-order valence-electron chi connectivity index (χ0n) is 20.2. The van der Waals surface area contributed by atoms with E-state index in [1.54, 1.807) is 0 Å². The first-order valence-corrected chi connectivity index (χ1v) is 12.9. The first kappa shape index (κ1) is 22.6. The summed E-state index contributed by atoms with van der Waals surface area (Å²) >= 11 is 0. The minimum atomic E-state index is -0.648. The number of allylic oxidation sites excluding steroid dienone is 2. The first-order chi connectivity index (χ1) is 14.1. The van der Waals surface area contributed by atoms with Crippen LogP contribution in [0.15, 0.2) is 23.8 Å². The second-order valence-electron chi connectivity index (χ2n) is 12.3. The molecule has 30 heavy (non-hydrogen) atoms. The Morgan fingerprint density at radius 1 is 1.10 bits per heavy atom. The predicted molar refractivity (Wildman–Crippen MR) is 125 cm³/mol. The molecule has 2 N–H and O–H groups in total. The second kappa shape index (κ2) is 8.07. The summed E-state index contributed by atoms with van der Waals surface area (Å²) in [6, 6.07) is 0. The lowest BCUT2D eigenvalue weighted by molar-refractivity contribution is -0.150. The molecule has 170 valence electrons. The molecule has 2 nitrogen and oxygen atoms in total. The van der Waals surface area contributed by atoms with Gasteiger partial charge in [-0.1, -0.05) is 52.8 Å². The van der Waals surface area contributed by atoms with Gasteiger partial charge in [-0.2, -0.15) is 0 Å². The number of hydrogen-bond donors (Lipinski definition) is 2. The van der Waals surface area contributed by atoms with Gasteiger partial charge in [0.2, 0.25) is 0 Å². The normalized spacial score (nSPS) is 46.6. The Kier molecular flexibility index (Phi) is 6.08. The Morgan fingerprint density at radius 2 is 1.83 bits per heavy atom. The van der Waals surface area contributed by atoms with E-state index in [-0.39, 0.29) is 11.3 Å². The zero-order chi connectivity index (χ0) is 21.8. The minimum Gasteiger partial charge on any atom is -0.390 e. The summed E-state index contributed by atoms with van der Waals surface area (Å²) in [5.41, 5.74) is 2.97. The molecule has 0 radical (unpaired) electrons. The molecule has 3 saturated carbocycles. The highest BCUT2D eigenvalue weighted by Gasteiger charge is 2.63. The molecule has 3 fully saturated rings. The van der Waals surface area contributed by atoms with Gasteiger partial charge >= 0.3 is 0 Å². The summed E-state index contributed by atoms with van der Waals surface area (Å²) < 4.78 is 0. The molecule has 0 aromatic rings. The van der Waals surface area contributed by atoms with Crippen LogP contribution >= 0.6 is 0 Å². The molecule has 2 heteroatoms. The van der Waals surface area contributed by atoms with E-state index >= 15 is 0 Å². The summed E-state index contributed by atoms with van der Waals surface area (Å²) in [6.07, 6.45) is 12.0. The van der Waals surface area contributed by atoms with E-state index in [4.69, 9.17) is 0 Å². The fourth-order valence-electron chi connectivity index (χ4n) is 8.65. The van der Waals surface area contributed by atoms with Crippen molar-refractivity contribution in [2.75, 3.05) is 0 Å². The maximum atomic E-state index is 11.3. The van der Waals surface area contributed by atoms with Crippen molar-refractivity contribution in [1.82, 2.24) is 0 Å². The molecule has 4 rings (SSSR count). The fraction of sp³-hybridized carbons (Fsp3) is 0.857. The molecule has 4 aliphatic carbocycles. The molecule has 0 heterocycles. The van der Waals surface area contributed by atoms with Gasteiger partial charge in [-0.25, -0.2) is 0 Å². The number of fused-ring (bicyclic) bond motifs is 5. The average molecular weight is 415 g/mol. The molecule has 4 aliphatic rings. The van der Waals surface area contributed by atoms with Gasteiger partial charge in [-0.05, 0) is 110 Å². The lowest BCUT2D eigenvalue weighted by atomic mass is 9.45. The van der Waals surface area contributed by atoms with Gasteiger partial charge in [0.25, 0.3) is 0 Å². The van der Waals surface area contributed by atoms with Crippen LogP contribution in [0.1, 0.15) is 92.4 Å². The summed E-state index contributed by atoms with van der Waals surface area (Å²) in [4.78, 5) is 0. The van der Waals surface area contributed by atoms with Crippen molar-refractivity contribution in [3.8, 4) is 0 Å². The van der Waals surface area contributed by atoms with Gasteiger partial charge < -0.3 is 10.2 Å². The van der Waals surface area contributed by atoms with Crippen LogP contribution in [0.25, 0.3) is 0 Å². The molecule has 0 bridgehead atoms. The fourth-order valence-corrected chi connectivity index (χ4v) is 8.65. The van der Waals surface area contributed by atoms with E-state index < -0.39 is 12.2 Å². The largest absolute Gasteiger partial charge is 0.390 e. The van der Waals surface area contributed by atoms with Crippen LogP contribution in [0.4, 0.5) is 0 Å². The number of aliphatic hydroxyl groups excluding tert-OH is 2. The van der Waals surface area contributed by atoms with Crippen LogP contribution in [-0.2, 0) is 0 Å². The van der Waals surface area contributed by atoms with Crippen LogP contribution in [0, 0.1) is 46.3 Å². The van der Waals surface area contributed by atoms with Crippen molar-refractivity contribution < 1.29 is 10.2 Å². The molecule has 0 spiro atoms. The van der Waals surface area contributed by atoms with E-state index in [9.17, 15) is 10.2 Å². The summed E-state index contributed by atoms with van der Waals surface area (Å²) in [6.45, 7) is 16.2. The first-order valence-electron chi connectivity index (χ1n) is 12.9. The molecule has 4 unspecified atom stereocenters. The van der Waals surface area contributed by atoms with Gasteiger partial charge in [0.15, 0.2) is 0 Å². The summed E-state index contributed by atoms with van der Waals surface area (Å²) in [5.74, 6) is 3.39. The van der Waals surface area contributed by atoms with Gasteiger partial charge in [-0.3, -0.25) is 0 Å². The third kappa shape index (κ3) is 3.36. The van der Waals surface area contributed by atoms with Crippen LogP contribution in [-0.4, -0.2) is 22.4 Å². The number of hydrogen-bond acceptors (Lipinski definition) is 2. The molecule has 0 aromatic carbocycles. The lowest BCUT2D eigenvalue weighted by Crippen LogP contribution is -2.60. The molecule has 0 aliphatic heterocycles. The van der Waals surface area contributed by atoms with Crippen LogP contribution in [0.2, 0.25) is 0 Å². The van der Waals surface area contributed by atoms with Crippen molar-refractivity contribution >= 4 is 0 Å². The number of rotatable bonds is 5. The highest BCUT2D eigenvalue weighted by atomic mass is 16.3. The van der Waals surface area contributed by atoms with E-state index in [1.165, 1.54) is 56.1 Å². The quantitative estimate of drug-likeness (QED) is 0.502.